The highest BCUT2D eigenvalue weighted by atomic mass is 16.5. The van der Waals surface area contributed by atoms with Crippen LogP contribution in [-0.4, -0.2) is 68.1 Å². The van der Waals surface area contributed by atoms with Gasteiger partial charge in [0.25, 0.3) is 0 Å². The monoisotopic (exact) mass is 382 g/mol. The van der Waals surface area contributed by atoms with Gasteiger partial charge in [-0.1, -0.05) is 6.07 Å². The van der Waals surface area contributed by atoms with Crippen LogP contribution >= 0.6 is 0 Å². The molecule has 0 unspecified atom stereocenters. The van der Waals surface area contributed by atoms with Gasteiger partial charge in [0.15, 0.2) is 5.78 Å². The van der Waals surface area contributed by atoms with Crippen LogP contribution in [0.5, 0.6) is 11.5 Å². The maximum absolute atomic E-state index is 12.8. The van der Waals surface area contributed by atoms with E-state index in [1.54, 1.807) is 20.4 Å². The van der Waals surface area contributed by atoms with Gasteiger partial charge in [-0.3, -0.25) is 4.79 Å². The van der Waals surface area contributed by atoms with Gasteiger partial charge < -0.3 is 19.3 Å². The number of piperazine rings is 1. The van der Waals surface area contributed by atoms with E-state index >= 15 is 0 Å². The van der Waals surface area contributed by atoms with Crippen molar-refractivity contribution >= 4 is 11.7 Å². The lowest BCUT2D eigenvalue weighted by atomic mass is 9.82. The number of carbonyl (C=O) groups excluding carboxylic acids is 1. The van der Waals surface area contributed by atoms with Crippen LogP contribution in [0.25, 0.3) is 0 Å². The molecule has 0 N–H and O–H groups in total. The fourth-order valence-electron chi connectivity index (χ4n) is 3.97. The van der Waals surface area contributed by atoms with Crippen LogP contribution in [0.3, 0.4) is 0 Å². The molecule has 2 aromatic rings. The summed E-state index contributed by atoms with van der Waals surface area (Å²) in [5, 5.41) is 0. The molecule has 1 aliphatic carbocycles. The molecular formula is C21H26N4O3. The molecule has 1 atom stereocenters. The number of likely N-dealkylation sites (N-methyl/N-ethyl adjacent to an activating group) is 1. The number of Topliss-reactive ketones (excluding diaryl/α,β-unsaturated/α-hetero) is 1. The zero-order chi connectivity index (χ0) is 19.7. The quantitative estimate of drug-likeness (QED) is 0.803. The lowest BCUT2D eigenvalue weighted by molar-refractivity contribution is 0.0962. The zero-order valence-corrected chi connectivity index (χ0v) is 16.6. The summed E-state index contributed by atoms with van der Waals surface area (Å²) in [6.07, 6.45) is 2.85. The van der Waals surface area contributed by atoms with Gasteiger partial charge in [-0.2, -0.15) is 0 Å². The topological polar surface area (TPSA) is 67.8 Å². The van der Waals surface area contributed by atoms with Crippen LogP contribution in [0, 0.1) is 0 Å². The van der Waals surface area contributed by atoms with Gasteiger partial charge >= 0.3 is 0 Å². The second-order valence-electron chi connectivity index (χ2n) is 7.46. The number of benzene rings is 1. The lowest BCUT2D eigenvalue weighted by Crippen LogP contribution is -2.45. The molecule has 4 rings (SSSR count). The highest BCUT2D eigenvalue weighted by molar-refractivity contribution is 5.98. The number of anilines is 1. The summed E-state index contributed by atoms with van der Waals surface area (Å²) in [6.45, 7) is 3.79. The fraction of sp³-hybridized carbons (Fsp3) is 0.476. The number of aromatic nitrogens is 2. The minimum Gasteiger partial charge on any atom is -0.497 e. The number of hydrogen-bond donors (Lipinski definition) is 0. The summed E-state index contributed by atoms with van der Waals surface area (Å²) in [5.74, 6) is 2.34. The molecule has 7 heteroatoms. The number of nitrogens with zero attached hydrogens (tertiary/aromatic N) is 4. The van der Waals surface area contributed by atoms with Crippen LogP contribution in [0.15, 0.2) is 24.4 Å². The molecule has 2 aliphatic rings. The first-order valence-corrected chi connectivity index (χ1v) is 9.63. The normalized spacial score (nSPS) is 20.0. The average molecular weight is 382 g/mol. The molecule has 1 saturated heterocycles. The zero-order valence-electron chi connectivity index (χ0n) is 16.6. The van der Waals surface area contributed by atoms with Crippen LogP contribution in [-0.2, 0) is 6.42 Å². The molecule has 1 aromatic carbocycles. The predicted octanol–water partition coefficient (Wildman–Crippen LogP) is 2.16. The molecule has 0 amide bonds. The Morgan fingerprint density at radius 1 is 1.07 bits per heavy atom. The van der Waals surface area contributed by atoms with Crippen molar-refractivity contribution in [3.05, 3.63) is 41.2 Å². The molecule has 0 spiro atoms. The van der Waals surface area contributed by atoms with Crippen LogP contribution in [0.2, 0.25) is 0 Å². The number of fused-ring (bicyclic) bond motifs is 1. The molecule has 0 saturated carbocycles. The van der Waals surface area contributed by atoms with E-state index in [4.69, 9.17) is 14.5 Å². The maximum atomic E-state index is 12.8. The Labute approximate surface area is 165 Å². The van der Waals surface area contributed by atoms with Crippen molar-refractivity contribution in [1.82, 2.24) is 14.9 Å². The highest BCUT2D eigenvalue weighted by Crippen LogP contribution is 2.38. The van der Waals surface area contributed by atoms with Crippen LogP contribution in [0.1, 0.15) is 34.0 Å². The number of hydrogen-bond acceptors (Lipinski definition) is 7. The molecule has 1 aromatic heterocycles. The first-order valence-electron chi connectivity index (χ1n) is 9.63. The van der Waals surface area contributed by atoms with E-state index in [0.717, 1.165) is 54.9 Å². The predicted molar refractivity (Wildman–Crippen MR) is 107 cm³/mol. The first kappa shape index (κ1) is 18.7. The fourth-order valence-corrected chi connectivity index (χ4v) is 3.97. The molecule has 0 radical (unpaired) electrons. The molecule has 28 heavy (non-hydrogen) atoms. The summed E-state index contributed by atoms with van der Waals surface area (Å²) in [5.41, 5.74) is 2.51. The van der Waals surface area contributed by atoms with Crippen molar-refractivity contribution in [2.24, 2.45) is 0 Å². The highest BCUT2D eigenvalue weighted by Gasteiger charge is 2.30. The first-order chi connectivity index (χ1) is 13.6. The van der Waals surface area contributed by atoms with E-state index in [9.17, 15) is 4.79 Å². The van der Waals surface area contributed by atoms with Crippen molar-refractivity contribution in [3.63, 3.8) is 0 Å². The smallest absolute Gasteiger partial charge is 0.225 e. The number of rotatable bonds is 4. The third-order valence-electron chi connectivity index (χ3n) is 5.69. The van der Waals surface area contributed by atoms with E-state index in [1.807, 2.05) is 18.2 Å². The Morgan fingerprint density at radius 3 is 2.57 bits per heavy atom. The van der Waals surface area contributed by atoms with Crippen molar-refractivity contribution in [2.75, 3.05) is 52.3 Å². The SMILES string of the molecule is COc1ccc([C@@H]2CC(=O)c3cnc(N4CCN(C)CC4)nc3C2)c(OC)c1. The van der Waals surface area contributed by atoms with Gasteiger partial charge in [0, 0.05) is 50.8 Å². The summed E-state index contributed by atoms with van der Waals surface area (Å²) < 4.78 is 10.8. The number of carbonyl (C=O) groups is 1. The Hall–Kier alpha value is -2.67. The van der Waals surface area contributed by atoms with Crippen molar-refractivity contribution in [1.29, 1.82) is 0 Å². The Morgan fingerprint density at radius 2 is 1.86 bits per heavy atom. The van der Waals surface area contributed by atoms with Crippen LogP contribution < -0.4 is 14.4 Å². The van der Waals surface area contributed by atoms with Crippen molar-refractivity contribution in [2.45, 2.75) is 18.8 Å². The number of ketones is 1. The van der Waals surface area contributed by atoms with E-state index in [2.05, 4.69) is 21.8 Å². The molecule has 7 nitrogen and oxygen atoms in total. The molecule has 1 fully saturated rings. The molecular weight excluding hydrogens is 356 g/mol. The summed E-state index contributed by atoms with van der Waals surface area (Å²) in [7, 11) is 5.40. The third-order valence-corrected chi connectivity index (χ3v) is 5.69. The second-order valence-corrected chi connectivity index (χ2v) is 7.46. The lowest BCUT2D eigenvalue weighted by Gasteiger charge is -2.33. The summed E-state index contributed by atoms with van der Waals surface area (Å²) >= 11 is 0. The van der Waals surface area contributed by atoms with Gasteiger partial charge in [0.2, 0.25) is 5.95 Å². The second kappa shape index (κ2) is 7.75. The third kappa shape index (κ3) is 3.54. The van der Waals surface area contributed by atoms with E-state index in [1.165, 1.54) is 0 Å². The molecule has 148 valence electrons. The summed E-state index contributed by atoms with van der Waals surface area (Å²) in [4.78, 5) is 26.5. The van der Waals surface area contributed by atoms with E-state index in [-0.39, 0.29) is 11.7 Å². The van der Waals surface area contributed by atoms with Gasteiger partial charge in [0.1, 0.15) is 11.5 Å². The minimum atomic E-state index is 0.0381. The number of ether oxygens (including phenoxy) is 2. The maximum Gasteiger partial charge on any atom is 0.225 e. The molecule has 1 aliphatic heterocycles. The van der Waals surface area contributed by atoms with Gasteiger partial charge in [-0.15, -0.1) is 0 Å². The van der Waals surface area contributed by atoms with Gasteiger partial charge in [0.05, 0.1) is 25.5 Å². The Kier molecular flexibility index (Phi) is 5.17. The van der Waals surface area contributed by atoms with E-state index in [0.29, 0.717) is 18.4 Å². The van der Waals surface area contributed by atoms with Crippen molar-refractivity contribution in [3.8, 4) is 11.5 Å². The van der Waals surface area contributed by atoms with Gasteiger partial charge in [-0.05, 0) is 25.1 Å². The standard InChI is InChI=1S/C21H26N4O3/c1-24-6-8-25(9-7-24)21-22-13-17-18(23-21)10-14(11-19(17)26)16-5-4-15(27-2)12-20(16)28-3/h4-5,12-14H,6-11H2,1-3H3/t14-/m0/s1. The Balaban J connectivity index is 1.62. The van der Waals surface area contributed by atoms with Crippen molar-refractivity contribution < 1.29 is 14.3 Å². The Bertz CT molecular complexity index is 878. The van der Waals surface area contributed by atoms with Crippen LogP contribution in [0.4, 0.5) is 5.95 Å². The minimum absolute atomic E-state index is 0.0381. The van der Waals surface area contributed by atoms with E-state index < -0.39 is 0 Å². The number of methoxy groups -OCH3 is 2. The average Bonchev–Trinajstić information content (AvgIpc) is 2.73. The molecule has 2 heterocycles. The van der Waals surface area contributed by atoms with Gasteiger partial charge in [-0.25, -0.2) is 9.97 Å². The summed E-state index contributed by atoms with van der Waals surface area (Å²) in [6, 6.07) is 5.77. The molecule has 0 bridgehead atoms. The largest absolute Gasteiger partial charge is 0.497 e.